The molecule has 2 fully saturated rings. The summed E-state index contributed by atoms with van der Waals surface area (Å²) in [6, 6.07) is 4.00. The molecule has 1 N–H and O–H groups in total. The summed E-state index contributed by atoms with van der Waals surface area (Å²) in [5.41, 5.74) is 0.00207. The Hall–Kier alpha value is -2.35. The summed E-state index contributed by atoms with van der Waals surface area (Å²) in [7, 11) is 1.73. The second kappa shape index (κ2) is 7.11. The number of piperidine rings is 1. The number of nitrogens with one attached hydrogen (secondary N) is 1. The molecule has 0 aromatic carbocycles. The molecule has 0 unspecified atom stereocenters. The van der Waals surface area contributed by atoms with Gasteiger partial charge in [0.15, 0.2) is 0 Å². The zero-order valence-electron chi connectivity index (χ0n) is 15.1. The third-order valence-electron chi connectivity index (χ3n) is 5.25. The predicted octanol–water partition coefficient (Wildman–Crippen LogP) is 1.01. The van der Waals surface area contributed by atoms with Crippen molar-refractivity contribution in [1.29, 1.82) is 0 Å². The van der Waals surface area contributed by atoms with Crippen LogP contribution in [0.4, 0.5) is 0 Å². The number of rotatable bonds is 6. The standard InChI is InChI=1S/C18H25N5O3/c1-21-18(25)23(14-4-5-14)17(20-21)13-6-8-22(9-7-13)12-16(24)19-11-15-3-2-10-26-15/h2-3,10,13-14H,4-9,11-12H2,1H3,(H,19,24). The second-order valence-corrected chi connectivity index (χ2v) is 7.27. The minimum absolute atomic E-state index is 0.00207. The number of aryl methyl sites for hydroxylation is 1. The van der Waals surface area contributed by atoms with E-state index in [9.17, 15) is 9.59 Å². The molecule has 26 heavy (non-hydrogen) atoms. The molecule has 8 heteroatoms. The maximum atomic E-state index is 12.3. The number of nitrogens with zero attached hydrogens (tertiary/aromatic N) is 4. The summed E-state index contributed by atoms with van der Waals surface area (Å²) in [5, 5.41) is 7.38. The summed E-state index contributed by atoms with van der Waals surface area (Å²) >= 11 is 0. The van der Waals surface area contributed by atoms with Crippen LogP contribution in [0.5, 0.6) is 0 Å². The van der Waals surface area contributed by atoms with Gasteiger partial charge in [0.05, 0.1) is 19.4 Å². The Morgan fingerprint density at radius 3 is 2.73 bits per heavy atom. The van der Waals surface area contributed by atoms with E-state index in [1.165, 1.54) is 4.68 Å². The minimum Gasteiger partial charge on any atom is -0.467 e. The van der Waals surface area contributed by atoms with Crippen LogP contribution < -0.4 is 11.0 Å². The Bertz CT molecular complexity index is 810. The first-order chi connectivity index (χ1) is 12.6. The summed E-state index contributed by atoms with van der Waals surface area (Å²) in [4.78, 5) is 26.6. The van der Waals surface area contributed by atoms with E-state index in [1.54, 1.807) is 13.3 Å². The van der Waals surface area contributed by atoms with Crippen molar-refractivity contribution in [1.82, 2.24) is 24.6 Å². The number of likely N-dealkylation sites (tertiary alicyclic amines) is 1. The van der Waals surface area contributed by atoms with Crippen LogP contribution in [-0.2, 0) is 18.4 Å². The first kappa shape index (κ1) is 17.1. The molecular formula is C18H25N5O3. The molecule has 2 aromatic rings. The molecule has 4 rings (SSSR count). The van der Waals surface area contributed by atoms with E-state index in [2.05, 4.69) is 15.3 Å². The summed E-state index contributed by atoms with van der Waals surface area (Å²) in [5.74, 6) is 1.99. The monoisotopic (exact) mass is 359 g/mol. The molecule has 8 nitrogen and oxygen atoms in total. The highest BCUT2D eigenvalue weighted by atomic mass is 16.3. The van der Waals surface area contributed by atoms with Crippen molar-refractivity contribution in [2.24, 2.45) is 7.05 Å². The van der Waals surface area contributed by atoms with Gasteiger partial charge in [-0.3, -0.25) is 14.3 Å². The molecule has 1 amide bonds. The fourth-order valence-electron chi connectivity index (χ4n) is 3.66. The van der Waals surface area contributed by atoms with E-state index >= 15 is 0 Å². The van der Waals surface area contributed by atoms with Gasteiger partial charge in [-0.15, -0.1) is 0 Å². The third kappa shape index (κ3) is 3.60. The van der Waals surface area contributed by atoms with Crippen molar-refractivity contribution < 1.29 is 9.21 Å². The van der Waals surface area contributed by atoms with Crippen LogP contribution in [0.25, 0.3) is 0 Å². The fraction of sp³-hybridized carbons (Fsp3) is 0.611. The molecule has 140 valence electrons. The van der Waals surface area contributed by atoms with Crippen molar-refractivity contribution in [2.45, 2.75) is 44.2 Å². The highest BCUT2D eigenvalue weighted by molar-refractivity contribution is 5.77. The molecule has 0 spiro atoms. The summed E-state index contributed by atoms with van der Waals surface area (Å²) in [6.07, 6.45) is 5.61. The molecule has 0 radical (unpaired) electrons. The summed E-state index contributed by atoms with van der Waals surface area (Å²) < 4.78 is 8.58. The van der Waals surface area contributed by atoms with Crippen LogP contribution >= 0.6 is 0 Å². The van der Waals surface area contributed by atoms with Gasteiger partial charge in [-0.2, -0.15) is 5.10 Å². The van der Waals surface area contributed by atoms with Crippen molar-refractivity contribution in [3.05, 3.63) is 40.5 Å². The maximum absolute atomic E-state index is 12.3. The van der Waals surface area contributed by atoms with Crippen LogP contribution in [0.15, 0.2) is 27.6 Å². The van der Waals surface area contributed by atoms with Gasteiger partial charge in [0.2, 0.25) is 5.91 Å². The molecule has 2 aromatic heterocycles. The summed E-state index contributed by atoms with van der Waals surface area (Å²) in [6.45, 7) is 2.50. The highest BCUT2D eigenvalue weighted by Crippen LogP contribution is 2.37. The lowest BCUT2D eigenvalue weighted by Gasteiger charge is -2.31. The largest absolute Gasteiger partial charge is 0.467 e. The third-order valence-corrected chi connectivity index (χ3v) is 5.25. The van der Waals surface area contributed by atoms with E-state index in [1.807, 2.05) is 16.7 Å². The van der Waals surface area contributed by atoms with Crippen molar-refractivity contribution >= 4 is 5.91 Å². The van der Waals surface area contributed by atoms with E-state index in [4.69, 9.17) is 4.42 Å². The van der Waals surface area contributed by atoms with E-state index in [0.29, 0.717) is 25.0 Å². The molecule has 3 heterocycles. The number of furan rings is 1. The van der Waals surface area contributed by atoms with Crippen LogP contribution in [0, 0.1) is 0 Å². The number of amides is 1. The van der Waals surface area contributed by atoms with Crippen LogP contribution in [0.2, 0.25) is 0 Å². The Balaban J connectivity index is 1.30. The SMILES string of the molecule is Cn1nc(C2CCN(CC(=O)NCc3ccco3)CC2)n(C2CC2)c1=O. The zero-order valence-corrected chi connectivity index (χ0v) is 15.1. The number of hydrogen-bond acceptors (Lipinski definition) is 5. The number of hydrogen-bond donors (Lipinski definition) is 1. The highest BCUT2D eigenvalue weighted by Gasteiger charge is 2.33. The van der Waals surface area contributed by atoms with Gasteiger partial charge in [0.1, 0.15) is 11.6 Å². The van der Waals surface area contributed by atoms with Gasteiger partial charge < -0.3 is 9.73 Å². The van der Waals surface area contributed by atoms with Gasteiger partial charge in [0.25, 0.3) is 0 Å². The van der Waals surface area contributed by atoms with Gasteiger partial charge in [-0.25, -0.2) is 9.48 Å². The Kier molecular flexibility index (Phi) is 4.67. The lowest BCUT2D eigenvalue weighted by atomic mass is 9.96. The predicted molar refractivity (Wildman–Crippen MR) is 94.7 cm³/mol. The molecule has 1 saturated heterocycles. The van der Waals surface area contributed by atoms with Gasteiger partial charge in [-0.05, 0) is 50.9 Å². The zero-order chi connectivity index (χ0) is 18.1. The van der Waals surface area contributed by atoms with E-state index < -0.39 is 0 Å². The Morgan fingerprint density at radius 1 is 1.31 bits per heavy atom. The van der Waals surface area contributed by atoms with Crippen molar-refractivity contribution in [2.75, 3.05) is 19.6 Å². The lowest BCUT2D eigenvalue weighted by molar-refractivity contribution is -0.122. The molecule has 1 saturated carbocycles. The number of aromatic nitrogens is 3. The van der Waals surface area contributed by atoms with Crippen molar-refractivity contribution in [3.63, 3.8) is 0 Å². The maximum Gasteiger partial charge on any atom is 0.345 e. The topological polar surface area (TPSA) is 85.3 Å². The number of carbonyl (C=O) groups excluding carboxylic acids is 1. The van der Waals surface area contributed by atoms with E-state index in [0.717, 1.165) is 50.4 Å². The normalized spacial score (nSPS) is 19.0. The first-order valence-electron chi connectivity index (χ1n) is 9.28. The van der Waals surface area contributed by atoms with Crippen LogP contribution in [0.1, 0.15) is 49.2 Å². The molecule has 0 atom stereocenters. The Morgan fingerprint density at radius 2 is 2.08 bits per heavy atom. The smallest absolute Gasteiger partial charge is 0.345 e. The van der Waals surface area contributed by atoms with Gasteiger partial charge in [0, 0.05) is 19.0 Å². The second-order valence-electron chi connectivity index (χ2n) is 7.27. The first-order valence-corrected chi connectivity index (χ1v) is 9.28. The molecule has 1 aliphatic carbocycles. The van der Waals surface area contributed by atoms with Gasteiger partial charge >= 0.3 is 5.69 Å². The number of carbonyl (C=O) groups is 1. The molecule has 1 aliphatic heterocycles. The van der Waals surface area contributed by atoms with Gasteiger partial charge in [-0.1, -0.05) is 0 Å². The van der Waals surface area contributed by atoms with Crippen molar-refractivity contribution in [3.8, 4) is 0 Å². The average molecular weight is 359 g/mol. The fourth-order valence-corrected chi connectivity index (χ4v) is 3.66. The molecular weight excluding hydrogens is 334 g/mol. The van der Waals surface area contributed by atoms with Crippen LogP contribution in [0.3, 0.4) is 0 Å². The average Bonchev–Trinajstić information content (AvgIpc) is 3.24. The van der Waals surface area contributed by atoms with Crippen LogP contribution in [-0.4, -0.2) is 44.8 Å². The molecule has 0 bridgehead atoms. The quantitative estimate of drug-likeness (QED) is 0.832. The molecule has 2 aliphatic rings. The van der Waals surface area contributed by atoms with E-state index in [-0.39, 0.29) is 11.6 Å². The minimum atomic E-state index is 0.00207. The lowest BCUT2D eigenvalue weighted by Crippen LogP contribution is -2.41. The Labute approximate surface area is 151 Å².